The number of hydrogen-bond donors (Lipinski definition) is 1. The molecule has 0 spiro atoms. The number of ether oxygens (including phenoxy) is 1. The second kappa shape index (κ2) is 8.60. The number of nitrogens with one attached hydrogen (secondary N) is 1. The van der Waals surface area contributed by atoms with E-state index in [1.807, 2.05) is 0 Å². The largest absolute Gasteiger partial charge is 0.497 e. The highest BCUT2D eigenvalue weighted by Crippen LogP contribution is 2.32. The molecule has 1 fully saturated rings. The van der Waals surface area contributed by atoms with Crippen LogP contribution in [0.5, 0.6) is 5.75 Å². The van der Waals surface area contributed by atoms with Crippen LogP contribution in [-0.4, -0.2) is 29.9 Å². The number of rotatable bonds is 5. The van der Waals surface area contributed by atoms with Gasteiger partial charge in [-0.05, 0) is 54.6 Å². The molecule has 11 heteroatoms. The third-order valence-corrected chi connectivity index (χ3v) is 5.09. The van der Waals surface area contributed by atoms with E-state index in [0.717, 1.165) is 4.90 Å². The Bertz CT molecular complexity index is 1330. The highest BCUT2D eigenvalue weighted by atomic mass is 35.5. The predicted molar refractivity (Wildman–Crippen MR) is 118 cm³/mol. The van der Waals surface area contributed by atoms with Crippen molar-refractivity contribution >= 4 is 46.9 Å². The van der Waals surface area contributed by atoms with E-state index in [2.05, 4.69) is 5.32 Å². The van der Waals surface area contributed by atoms with E-state index in [9.17, 15) is 24.5 Å². The van der Waals surface area contributed by atoms with Gasteiger partial charge >= 0.3 is 6.03 Å². The highest BCUT2D eigenvalue weighted by molar-refractivity contribution is 6.39. The van der Waals surface area contributed by atoms with Gasteiger partial charge in [-0.2, -0.15) is 0 Å². The number of benzene rings is 2. The molecule has 10 nitrogen and oxygen atoms in total. The van der Waals surface area contributed by atoms with Crippen molar-refractivity contribution in [3.63, 3.8) is 0 Å². The summed E-state index contributed by atoms with van der Waals surface area (Å²) in [5, 5.41) is 13.2. The number of halogens is 1. The van der Waals surface area contributed by atoms with Crippen LogP contribution in [0.4, 0.5) is 16.2 Å². The number of amides is 4. The molecule has 0 atom stereocenters. The van der Waals surface area contributed by atoms with Crippen molar-refractivity contribution in [2.24, 2.45) is 0 Å². The molecule has 1 aromatic heterocycles. The summed E-state index contributed by atoms with van der Waals surface area (Å²) in [6.07, 6.45) is 1.19. The molecule has 1 saturated heterocycles. The van der Waals surface area contributed by atoms with Gasteiger partial charge in [0.15, 0.2) is 0 Å². The molecule has 0 saturated carbocycles. The Morgan fingerprint density at radius 3 is 2.48 bits per heavy atom. The van der Waals surface area contributed by atoms with Crippen LogP contribution >= 0.6 is 11.6 Å². The van der Waals surface area contributed by atoms with Crippen LogP contribution in [-0.2, 0) is 9.59 Å². The summed E-state index contributed by atoms with van der Waals surface area (Å²) in [6, 6.07) is 12.4. The van der Waals surface area contributed by atoms with E-state index in [0.29, 0.717) is 11.3 Å². The Hall–Kier alpha value is -4.44. The topological polar surface area (TPSA) is 132 Å². The molecule has 2 heterocycles. The Kier molecular flexibility index (Phi) is 5.67. The Balaban J connectivity index is 1.66. The normalized spacial score (nSPS) is 15.0. The van der Waals surface area contributed by atoms with E-state index < -0.39 is 22.8 Å². The third-order valence-electron chi connectivity index (χ3n) is 4.77. The molecule has 1 N–H and O–H groups in total. The van der Waals surface area contributed by atoms with Crippen molar-refractivity contribution in [1.29, 1.82) is 0 Å². The first-order valence-corrected chi connectivity index (χ1v) is 9.76. The monoisotopic (exact) mass is 467 g/mol. The van der Waals surface area contributed by atoms with Gasteiger partial charge in [-0.3, -0.25) is 25.0 Å². The minimum atomic E-state index is -0.888. The van der Waals surface area contributed by atoms with E-state index in [-0.39, 0.29) is 33.5 Å². The van der Waals surface area contributed by atoms with Crippen molar-refractivity contribution in [2.45, 2.75) is 0 Å². The van der Waals surface area contributed by atoms with Crippen LogP contribution in [0, 0.1) is 10.1 Å². The maximum atomic E-state index is 13.0. The molecule has 1 aliphatic rings. The maximum Gasteiger partial charge on any atom is 0.335 e. The fourth-order valence-corrected chi connectivity index (χ4v) is 3.34. The molecule has 0 radical (unpaired) electrons. The number of carbonyl (C=O) groups excluding carboxylic acids is 3. The Labute approximate surface area is 191 Å². The number of imide groups is 2. The number of furan rings is 1. The summed E-state index contributed by atoms with van der Waals surface area (Å²) in [6.45, 7) is 0. The minimum absolute atomic E-state index is 0.0228. The standard InChI is InChI=1S/C22H14ClN3O7/c1-32-14-5-3-13(4-6-14)25-21(28)16(20(27)24-22(25)29)11-15-7-9-19(33-15)12-2-8-17(23)18(10-12)26(30)31/h2-11H,1H3,(H,24,27,29). The Morgan fingerprint density at radius 1 is 1.09 bits per heavy atom. The number of urea groups is 1. The summed E-state index contributed by atoms with van der Waals surface area (Å²) in [5.41, 5.74) is 0.00451. The zero-order valence-corrected chi connectivity index (χ0v) is 17.7. The number of barbiturate groups is 1. The number of methoxy groups -OCH3 is 1. The lowest BCUT2D eigenvalue weighted by Gasteiger charge is -2.26. The average Bonchev–Trinajstić information content (AvgIpc) is 3.26. The van der Waals surface area contributed by atoms with Gasteiger partial charge in [0.1, 0.15) is 27.9 Å². The summed E-state index contributed by atoms with van der Waals surface area (Å²) in [5.74, 6) is -0.802. The summed E-state index contributed by atoms with van der Waals surface area (Å²) >= 11 is 5.83. The fraction of sp³-hybridized carbons (Fsp3) is 0.0455. The summed E-state index contributed by atoms with van der Waals surface area (Å²) < 4.78 is 10.7. The van der Waals surface area contributed by atoms with Crippen molar-refractivity contribution in [3.8, 4) is 17.1 Å². The van der Waals surface area contributed by atoms with E-state index in [1.165, 1.54) is 55.7 Å². The molecule has 4 rings (SSSR count). The smallest absolute Gasteiger partial charge is 0.335 e. The van der Waals surface area contributed by atoms with Crippen molar-refractivity contribution < 1.29 is 28.5 Å². The summed E-state index contributed by atoms with van der Waals surface area (Å²) in [7, 11) is 1.48. The lowest BCUT2D eigenvalue weighted by Crippen LogP contribution is -2.54. The van der Waals surface area contributed by atoms with Gasteiger partial charge in [0, 0.05) is 11.6 Å². The first-order chi connectivity index (χ1) is 15.8. The number of anilines is 1. The van der Waals surface area contributed by atoms with E-state index in [4.69, 9.17) is 20.8 Å². The molecule has 3 aromatic rings. The van der Waals surface area contributed by atoms with Gasteiger partial charge < -0.3 is 9.15 Å². The number of nitro benzene ring substituents is 1. The van der Waals surface area contributed by atoms with Crippen LogP contribution in [0.15, 0.2) is 64.6 Å². The lowest BCUT2D eigenvalue weighted by atomic mass is 10.1. The molecule has 1 aliphatic heterocycles. The van der Waals surface area contributed by atoms with E-state index >= 15 is 0 Å². The Morgan fingerprint density at radius 2 is 1.82 bits per heavy atom. The first kappa shape index (κ1) is 21.8. The van der Waals surface area contributed by atoms with Gasteiger partial charge in [0.25, 0.3) is 17.5 Å². The molecule has 0 bridgehead atoms. The zero-order chi connectivity index (χ0) is 23.7. The van der Waals surface area contributed by atoms with Crippen LogP contribution in [0.25, 0.3) is 17.4 Å². The minimum Gasteiger partial charge on any atom is -0.497 e. The van der Waals surface area contributed by atoms with Gasteiger partial charge in [0.2, 0.25) is 0 Å². The van der Waals surface area contributed by atoms with Crippen molar-refractivity contribution in [3.05, 3.63) is 81.1 Å². The van der Waals surface area contributed by atoms with Crippen LogP contribution < -0.4 is 15.0 Å². The molecule has 4 amide bonds. The number of nitro groups is 1. The second-order valence-electron chi connectivity index (χ2n) is 6.78. The second-order valence-corrected chi connectivity index (χ2v) is 7.19. The molecule has 0 aliphatic carbocycles. The molecule has 0 unspecified atom stereocenters. The quantitative estimate of drug-likeness (QED) is 0.257. The molecule has 166 valence electrons. The van der Waals surface area contributed by atoms with Gasteiger partial charge in [-0.25, -0.2) is 9.69 Å². The maximum absolute atomic E-state index is 13.0. The van der Waals surface area contributed by atoms with Gasteiger partial charge in [-0.15, -0.1) is 0 Å². The van der Waals surface area contributed by atoms with Crippen LogP contribution in [0.3, 0.4) is 0 Å². The lowest BCUT2D eigenvalue weighted by molar-refractivity contribution is -0.384. The van der Waals surface area contributed by atoms with Crippen molar-refractivity contribution in [1.82, 2.24) is 5.32 Å². The predicted octanol–water partition coefficient (Wildman–Crippen LogP) is 4.18. The number of hydrogen-bond acceptors (Lipinski definition) is 7. The van der Waals surface area contributed by atoms with Crippen molar-refractivity contribution in [2.75, 3.05) is 12.0 Å². The van der Waals surface area contributed by atoms with Gasteiger partial charge in [0.05, 0.1) is 17.7 Å². The molecular weight excluding hydrogens is 454 g/mol. The number of carbonyl (C=O) groups is 3. The zero-order valence-electron chi connectivity index (χ0n) is 16.9. The average molecular weight is 468 g/mol. The van der Waals surface area contributed by atoms with Crippen LogP contribution in [0.2, 0.25) is 5.02 Å². The third kappa shape index (κ3) is 4.19. The molecular formula is C22H14ClN3O7. The SMILES string of the molecule is COc1ccc(N2C(=O)NC(=O)C(=Cc3ccc(-c4ccc(Cl)c([N+](=O)[O-])c4)o3)C2=O)cc1. The molecule has 33 heavy (non-hydrogen) atoms. The highest BCUT2D eigenvalue weighted by Gasteiger charge is 2.37. The van der Waals surface area contributed by atoms with E-state index in [1.54, 1.807) is 12.1 Å². The molecule has 2 aromatic carbocycles. The first-order valence-electron chi connectivity index (χ1n) is 9.38. The van der Waals surface area contributed by atoms with Crippen LogP contribution in [0.1, 0.15) is 5.76 Å². The summed E-state index contributed by atoms with van der Waals surface area (Å²) in [4.78, 5) is 48.9. The fourth-order valence-electron chi connectivity index (χ4n) is 3.16. The number of nitrogens with zero attached hydrogens (tertiary/aromatic N) is 2. The van der Waals surface area contributed by atoms with Gasteiger partial charge in [-0.1, -0.05) is 11.6 Å².